The van der Waals surface area contributed by atoms with E-state index in [9.17, 15) is 20.4 Å². The second-order valence-corrected chi connectivity index (χ2v) is 8.83. The molecule has 9 heteroatoms. The first kappa shape index (κ1) is 21.2. The molecule has 0 aliphatic carbocycles. The molecule has 0 saturated carbocycles. The maximum atomic E-state index is 10.3. The van der Waals surface area contributed by atoms with E-state index in [1.807, 2.05) is 19.1 Å². The molecule has 162 valence electrons. The van der Waals surface area contributed by atoms with Crippen LogP contribution in [0.1, 0.15) is 27.9 Å². The number of aryl methyl sites for hydroxylation is 2. The maximum absolute atomic E-state index is 10.3. The number of rotatable bonds is 6. The Morgan fingerprint density at radius 2 is 1.90 bits per heavy atom. The standard InChI is InChI=1S/C21H26N2O6S/c1-3-11-4-5-12(30-11)8-14-17-13(22-23-14)6-10(2)7-15(17)28-21-20(27)19(26)18(25)16(9-24)29-21/h4-7,16,18-21,24-27H,3,8-9H2,1-2H3,(H,22,23). The first-order valence-corrected chi connectivity index (χ1v) is 10.7. The number of nitrogens with zero attached hydrogens (tertiary/aromatic N) is 1. The molecule has 1 saturated heterocycles. The number of aromatic amines is 1. The number of hydrogen-bond acceptors (Lipinski definition) is 8. The van der Waals surface area contributed by atoms with Gasteiger partial charge in [-0.1, -0.05) is 6.92 Å². The van der Waals surface area contributed by atoms with Gasteiger partial charge < -0.3 is 29.9 Å². The minimum Gasteiger partial charge on any atom is -0.461 e. The summed E-state index contributed by atoms with van der Waals surface area (Å²) >= 11 is 1.75. The molecular formula is C21H26N2O6S. The van der Waals surface area contributed by atoms with Crippen LogP contribution in [-0.2, 0) is 17.6 Å². The van der Waals surface area contributed by atoms with Crippen LogP contribution in [0.3, 0.4) is 0 Å². The summed E-state index contributed by atoms with van der Waals surface area (Å²) in [7, 11) is 0. The van der Waals surface area contributed by atoms with Gasteiger partial charge in [0.25, 0.3) is 0 Å². The first-order valence-electron chi connectivity index (χ1n) is 9.93. The van der Waals surface area contributed by atoms with Crippen LogP contribution in [0, 0.1) is 6.92 Å². The summed E-state index contributed by atoms with van der Waals surface area (Å²) in [5.74, 6) is 0.449. The lowest BCUT2D eigenvalue weighted by Crippen LogP contribution is -2.60. The van der Waals surface area contributed by atoms with Gasteiger partial charge in [-0.3, -0.25) is 5.10 Å². The van der Waals surface area contributed by atoms with Crippen LogP contribution in [0.4, 0.5) is 0 Å². The predicted octanol–water partition coefficient (Wildman–Crippen LogP) is 1.26. The summed E-state index contributed by atoms with van der Waals surface area (Å²) in [4.78, 5) is 2.50. The predicted molar refractivity (Wildman–Crippen MR) is 112 cm³/mol. The van der Waals surface area contributed by atoms with E-state index < -0.39 is 37.3 Å². The van der Waals surface area contributed by atoms with Crippen LogP contribution in [0.15, 0.2) is 24.3 Å². The van der Waals surface area contributed by atoms with Crippen molar-refractivity contribution in [1.29, 1.82) is 0 Å². The Labute approximate surface area is 177 Å². The van der Waals surface area contributed by atoms with Crippen molar-refractivity contribution in [3.63, 3.8) is 0 Å². The third-order valence-corrected chi connectivity index (χ3v) is 6.58. The molecule has 0 bridgehead atoms. The van der Waals surface area contributed by atoms with Crippen molar-refractivity contribution in [1.82, 2.24) is 10.2 Å². The van der Waals surface area contributed by atoms with Gasteiger partial charge in [-0.05, 0) is 43.2 Å². The van der Waals surface area contributed by atoms with E-state index in [4.69, 9.17) is 9.47 Å². The third-order valence-electron chi connectivity index (χ3n) is 5.35. The summed E-state index contributed by atoms with van der Waals surface area (Å²) in [5, 5.41) is 48.1. The zero-order valence-electron chi connectivity index (χ0n) is 16.8. The zero-order valence-corrected chi connectivity index (χ0v) is 17.6. The molecule has 8 nitrogen and oxygen atoms in total. The number of aromatic nitrogens is 2. The number of benzene rings is 1. The fourth-order valence-corrected chi connectivity index (χ4v) is 4.67. The molecule has 1 aliphatic heterocycles. The van der Waals surface area contributed by atoms with Gasteiger partial charge in [0.15, 0.2) is 0 Å². The highest BCUT2D eigenvalue weighted by atomic mass is 32.1. The molecule has 5 unspecified atom stereocenters. The zero-order chi connectivity index (χ0) is 21.4. The number of H-pyrrole nitrogens is 1. The SMILES string of the molecule is CCc1ccc(Cc2[nH]nc3cc(C)cc(OC4OC(CO)C(O)C(O)C4O)c23)s1. The molecule has 1 aliphatic rings. The molecule has 4 rings (SSSR count). The van der Waals surface area contributed by atoms with Crippen LogP contribution in [-0.4, -0.2) is 67.9 Å². The van der Waals surface area contributed by atoms with Gasteiger partial charge >= 0.3 is 0 Å². The number of thiophene rings is 1. The molecule has 1 aromatic carbocycles. The molecular weight excluding hydrogens is 408 g/mol. The number of ether oxygens (including phenoxy) is 2. The molecule has 3 aromatic rings. The highest BCUT2D eigenvalue weighted by Crippen LogP contribution is 2.34. The van der Waals surface area contributed by atoms with E-state index in [2.05, 4.69) is 29.3 Å². The summed E-state index contributed by atoms with van der Waals surface area (Å²) in [6, 6.07) is 7.96. The van der Waals surface area contributed by atoms with Gasteiger partial charge in [0.05, 0.1) is 23.2 Å². The van der Waals surface area contributed by atoms with Crippen LogP contribution in [0.5, 0.6) is 5.75 Å². The minimum atomic E-state index is -1.50. The smallest absolute Gasteiger partial charge is 0.229 e. The summed E-state index contributed by atoms with van der Waals surface area (Å²) in [5.41, 5.74) is 2.50. The number of fused-ring (bicyclic) bond motifs is 1. The molecule has 0 radical (unpaired) electrons. The Kier molecular flexibility index (Phi) is 6.10. The fourth-order valence-electron chi connectivity index (χ4n) is 3.70. The molecule has 30 heavy (non-hydrogen) atoms. The highest BCUT2D eigenvalue weighted by molar-refractivity contribution is 7.12. The van der Waals surface area contributed by atoms with Crippen molar-refractivity contribution in [2.24, 2.45) is 0 Å². The third kappa shape index (κ3) is 3.96. The van der Waals surface area contributed by atoms with Crippen molar-refractivity contribution >= 4 is 22.2 Å². The summed E-state index contributed by atoms with van der Waals surface area (Å²) in [6.07, 6.45) is -5.05. The lowest BCUT2D eigenvalue weighted by Gasteiger charge is -2.39. The molecule has 2 aromatic heterocycles. The van der Waals surface area contributed by atoms with Crippen molar-refractivity contribution in [3.8, 4) is 5.75 Å². The van der Waals surface area contributed by atoms with Crippen molar-refractivity contribution in [3.05, 3.63) is 45.3 Å². The van der Waals surface area contributed by atoms with Crippen molar-refractivity contribution < 1.29 is 29.9 Å². The van der Waals surface area contributed by atoms with E-state index in [0.717, 1.165) is 28.6 Å². The van der Waals surface area contributed by atoms with Crippen LogP contribution < -0.4 is 4.74 Å². The summed E-state index contributed by atoms with van der Waals surface area (Å²) in [6.45, 7) is 3.51. The highest BCUT2D eigenvalue weighted by Gasteiger charge is 2.44. The molecule has 5 atom stereocenters. The average molecular weight is 435 g/mol. The Balaban J connectivity index is 1.67. The Morgan fingerprint density at radius 3 is 2.60 bits per heavy atom. The molecule has 1 fully saturated rings. The Morgan fingerprint density at radius 1 is 1.13 bits per heavy atom. The normalized spacial score (nSPS) is 26.9. The van der Waals surface area contributed by atoms with Crippen LogP contribution in [0.2, 0.25) is 0 Å². The van der Waals surface area contributed by atoms with E-state index in [-0.39, 0.29) is 0 Å². The fraction of sp³-hybridized carbons (Fsp3) is 0.476. The largest absolute Gasteiger partial charge is 0.461 e. The Bertz CT molecular complexity index is 1020. The lowest BCUT2D eigenvalue weighted by molar-refractivity contribution is -0.277. The number of aliphatic hydroxyl groups excluding tert-OH is 4. The van der Waals surface area contributed by atoms with Gasteiger partial charge in [-0.15, -0.1) is 11.3 Å². The van der Waals surface area contributed by atoms with Gasteiger partial charge in [0.2, 0.25) is 6.29 Å². The van der Waals surface area contributed by atoms with Gasteiger partial charge in [0, 0.05) is 16.2 Å². The van der Waals surface area contributed by atoms with E-state index in [1.165, 1.54) is 9.75 Å². The first-order chi connectivity index (χ1) is 14.4. The molecule has 0 amide bonds. The van der Waals surface area contributed by atoms with Gasteiger partial charge in [-0.25, -0.2) is 0 Å². The topological polar surface area (TPSA) is 128 Å². The van der Waals surface area contributed by atoms with Crippen LogP contribution in [0.25, 0.3) is 10.9 Å². The number of hydrogen-bond donors (Lipinski definition) is 5. The monoisotopic (exact) mass is 434 g/mol. The van der Waals surface area contributed by atoms with E-state index in [0.29, 0.717) is 12.2 Å². The second-order valence-electron chi connectivity index (χ2n) is 7.57. The quantitative estimate of drug-likeness (QED) is 0.395. The molecule has 0 spiro atoms. The number of aliphatic hydroxyl groups is 4. The minimum absolute atomic E-state index is 0.449. The van der Waals surface area contributed by atoms with Gasteiger partial charge in [0.1, 0.15) is 30.2 Å². The maximum Gasteiger partial charge on any atom is 0.229 e. The van der Waals surface area contributed by atoms with Crippen molar-refractivity contribution in [2.45, 2.75) is 57.4 Å². The number of nitrogens with one attached hydrogen (secondary N) is 1. The lowest BCUT2D eigenvalue weighted by atomic mass is 9.99. The van der Waals surface area contributed by atoms with Crippen molar-refractivity contribution in [2.75, 3.05) is 6.61 Å². The average Bonchev–Trinajstić information content (AvgIpc) is 3.35. The van der Waals surface area contributed by atoms with E-state index >= 15 is 0 Å². The van der Waals surface area contributed by atoms with Crippen LogP contribution >= 0.6 is 11.3 Å². The second kappa shape index (κ2) is 8.62. The molecule has 5 N–H and O–H groups in total. The van der Waals surface area contributed by atoms with E-state index in [1.54, 1.807) is 11.3 Å². The summed E-state index contributed by atoms with van der Waals surface area (Å²) < 4.78 is 11.5. The molecule has 3 heterocycles. The van der Waals surface area contributed by atoms with Gasteiger partial charge in [-0.2, -0.15) is 5.10 Å². The Hall–Kier alpha value is -2.01.